The predicted octanol–water partition coefficient (Wildman–Crippen LogP) is 3.04. The number of aliphatic hydroxyl groups is 1. The van der Waals surface area contributed by atoms with Crippen molar-refractivity contribution in [3.8, 4) is 11.4 Å². The molecule has 7 heteroatoms. The Hall–Kier alpha value is -2.77. The lowest BCUT2D eigenvalue weighted by atomic mass is 10.0. The molecular weight excluding hydrogens is 378 g/mol. The number of aromatic nitrogens is 3. The number of ketones is 1. The Labute approximate surface area is 176 Å². The Kier molecular flexibility index (Phi) is 5.58. The highest BCUT2D eigenvalue weighted by Gasteiger charge is 2.28. The SMILES string of the molecule is CC(=O)C(C)(C)NCc1cc2c(N3CCCC3CO)nc(-c3ccccc3)nc2[nH]1. The molecule has 30 heavy (non-hydrogen) atoms. The molecule has 7 nitrogen and oxygen atoms in total. The summed E-state index contributed by atoms with van der Waals surface area (Å²) in [6.45, 7) is 6.85. The van der Waals surface area contributed by atoms with Gasteiger partial charge in [-0.15, -0.1) is 0 Å². The van der Waals surface area contributed by atoms with Crippen LogP contribution in [0.3, 0.4) is 0 Å². The third kappa shape index (κ3) is 3.95. The van der Waals surface area contributed by atoms with E-state index < -0.39 is 5.54 Å². The minimum absolute atomic E-state index is 0.0693. The van der Waals surface area contributed by atoms with Crippen molar-refractivity contribution in [2.24, 2.45) is 0 Å². The van der Waals surface area contributed by atoms with Gasteiger partial charge in [-0.2, -0.15) is 0 Å². The molecule has 1 saturated heterocycles. The number of aromatic amines is 1. The van der Waals surface area contributed by atoms with Crippen molar-refractivity contribution in [3.63, 3.8) is 0 Å². The maximum absolute atomic E-state index is 11.8. The smallest absolute Gasteiger partial charge is 0.163 e. The first-order valence-corrected chi connectivity index (χ1v) is 10.5. The van der Waals surface area contributed by atoms with Crippen molar-refractivity contribution in [1.29, 1.82) is 0 Å². The van der Waals surface area contributed by atoms with Crippen LogP contribution in [0.4, 0.5) is 5.82 Å². The molecular formula is C23H29N5O2. The number of Topliss-reactive ketones (excluding diaryl/α,β-unsaturated/α-hetero) is 1. The van der Waals surface area contributed by atoms with Crippen LogP contribution < -0.4 is 10.2 Å². The second-order valence-corrected chi connectivity index (χ2v) is 8.50. The van der Waals surface area contributed by atoms with Gasteiger partial charge in [-0.05, 0) is 39.7 Å². The van der Waals surface area contributed by atoms with E-state index in [1.54, 1.807) is 6.92 Å². The van der Waals surface area contributed by atoms with E-state index in [9.17, 15) is 9.90 Å². The van der Waals surface area contributed by atoms with Crippen LogP contribution in [0, 0.1) is 0 Å². The summed E-state index contributed by atoms with van der Waals surface area (Å²) in [6, 6.07) is 12.0. The van der Waals surface area contributed by atoms with Crippen LogP contribution in [0.5, 0.6) is 0 Å². The monoisotopic (exact) mass is 407 g/mol. The van der Waals surface area contributed by atoms with E-state index in [-0.39, 0.29) is 18.4 Å². The number of nitrogens with zero attached hydrogens (tertiary/aromatic N) is 3. The molecule has 0 radical (unpaired) electrons. The molecule has 2 aromatic heterocycles. The Bertz CT molecular complexity index is 1040. The minimum atomic E-state index is -0.599. The highest BCUT2D eigenvalue weighted by Crippen LogP contribution is 2.32. The van der Waals surface area contributed by atoms with Crippen LogP contribution in [0.15, 0.2) is 36.4 Å². The van der Waals surface area contributed by atoms with Crippen molar-refractivity contribution < 1.29 is 9.90 Å². The highest BCUT2D eigenvalue weighted by molar-refractivity contribution is 5.90. The van der Waals surface area contributed by atoms with Crippen LogP contribution in [0.1, 0.15) is 39.3 Å². The average Bonchev–Trinajstić information content (AvgIpc) is 3.38. The van der Waals surface area contributed by atoms with Gasteiger partial charge in [0.1, 0.15) is 17.2 Å². The summed E-state index contributed by atoms with van der Waals surface area (Å²) in [5.41, 5.74) is 2.06. The van der Waals surface area contributed by atoms with Gasteiger partial charge in [0, 0.05) is 24.3 Å². The van der Waals surface area contributed by atoms with E-state index in [4.69, 9.17) is 9.97 Å². The largest absolute Gasteiger partial charge is 0.394 e. The molecule has 0 spiro atoms. The number of carbonyl (C=O) groups is 1. The standard InChI is InChI=1S/C23H29N5O2/c1-15(30)23(2,3)24-13-17-12-19-21(25-17)26-20(16-8-5-4-6-9-16)27-22(19)28-11-7-10-18(28)14-29/h4-6,8-9,12,18,24,29H,7,10-11,13-14H2,1-3H3,(H,25,26,27). The normalized spacial score (nSPS) is 17.1. The number of carbonyl (C=O) groups excluding carboxylic acids is 1. The Morgan fingerprint density at radius 1 is 1.30 bits per heavy atom. The maximum atomic E-state index is 11.8. The number of H-pyrrole nitrogens is 1. The summed E-state index contributed by atoms with van der Waals surface area (Å²) >= 11 is 0. The second-order valence-electron chi connectivity index (χ2n) is 8.50. The van der Waals surface area contributed by atoms with Gasteiger partial charge >= 0.3 is 0 Å². The first-order chi connectivity index (χ1) is 14.4. The van der Waals surface area contributed by atoms with Gasteiger partial charge in [0.2, 0.25) is 0 Å². The number of fused-ring (bicyclic) bond motifs is 1. The fourth-order valence-electron chi connectivity index (χ4n) is 3.82. The number of aliphatic hydroxyl groups excluding tert-OH is 1. The highest BCUT2D eigenvalue weighted by atomic mass is 16.3. The van der Waals surface area contributed by atoms with E-state index in [2.05, 4.69) is 21.3 Å². The number of rotatable bonds is 7. The third-order valence-electron chi connectivity index (χ3n) is 6.02. The molecule has 158 valence electrons. The molecule has 3 heterocycles. The first kappa shape index (κ1) is 20.5. The van der Waals surface area contributed by atoms with Crippen molar-refractivity contribution in [1.82, 2.24) is 20.3 Å². The van der Waals surface area contributed by atoms with Crippen molar-refractivity contribution in [2.45, 2.75) is 51.7 Å². The fourth-order valence-corrected chi connectivity index (χ4v) is 3.82. The van der Waals surface area contributed by atoms with Crippen LogP contribution in [0.2, 0.25) is 0 Å². The molecule has 0 bridgehead atoms. The lowest BCUT2D eigenvalue weighted by molar-refractivity contribution is -0.122. The van der Waals surface area contributed by atoms with Gasteiger partial charge in [-0.25, -0.2) is 9.97 Å². The van der Waals surface area contributed by atoms with E-state index in [0.29, 0.717) is 12.4 Å². The van der Waals surface area contributed by atoms with Crippen molar-refractivity contribution in [2.75, 3.05) is 18.1 Å². The molecule has 3 aromatic rings. The quantitative estimate of drug-likeness (QED) is 0.557. The topological polar surface area (TPSA) is 94.1 Å². The van der Waals surface area contributed by atoms with Gasteiger partial charge in [0.15, 0.2) is 5.82 Å². The van der Waals surface area contributed by atoms with E-state index in [0.717, 1.165) is 47.5 Å². The number of hydrogen-bond acceptors (Lipinski definition) is 6. The van der Waals surface area contributed by atoms with Crippen LogP contribution in [-0.2, 0) is 11.3 Å². The van der Waals surface area contributed by atoms with E-state index >= 15 is 0 Å². The fraction of sp³-hybridized carbons (Fsp3) is 0.435. The summed E-state index contributed by atoms with van der Waals surface area (Å²) in [5.74, 6) is 1.60. The molecule has 0 amide bonds. The van der Waals surface area contributed by atoms with Crippen LogP contribution in [-0.4, -0.2) is 50.6 Å². The zero-order valence-electron chi connectivity index (χ0n) is 17.8. The van der Waals surface area contributed by atoms with Crippen LogP contribution >= 0.6 is 0 Å². The number of nitrogens with one attached hydrogen (secondary N) is 2. The van der Waals surface area contributed by atoms with E-state index in [1.165, 1.54) is 0 Å². The molecule has 1 aliphatic heterocycles. The molecule has 1 aliphatic rings. The summed E-state index contributed by atoms with van der Waals surface area (Å²) in [7, 11) is 0. The minimum Gasteiger partial charge on any atom is -0.394 e. The lowest BCUT2D eigenvalue weighted by Crippen LogP contribution is -2.44. The average molecular weight is 408 g/mol. The van der Waals surface area contributed by atoms with Gasteiger partial charge in [0.05, 0.1) is 23.6 Å². The Morgan fingerprint density at radius 3 is 2.77 bits per heavy atom. The summed E-state index contributed by atoms with van der Waals surface area (Å²) in [4.78, 5) is 27.1. The number of hydrogen-bond donors (Lipinski definition) is 3. The van der Waals surface area contributed by atoms with Gasteiger partial charge in [-0.3, -0.25) is 10.1 Å². The van der Waals surface area contributed by atoms with E-state index in [1.807, 2.05) is 44.2 Å². The molecule has 4 rings (SSSR count). The molecule has 0 aliphatic carbocycles. The molecule has 1 unspecified atom stereocenters. The molecule has 1 aromatic carbocycles. The Balaban J connectivity index is 1.76. The first-order valence-electron chi connectivity index (χ1n) is 10.5. The maximum Gasteiger partial charge on any atom is 0.163 e. The van der Waals surface area contributed by atoms with Gasteiger partial charge in [0.25, 0.3) is 0 Å². The van der Waals surface area contributed by atoms with Crippen molar-refractivity contribution >= 4 is 22.6 Å². The molecule has 3 N–H and O–H groups in total. The van der Waals surface area contributed by atoms with Crippen LogP contribution in [0.25, 0.3) is 22.4 Å². The number of benzene rings is 1. The zero-order valence-corrected chi connectivity index (χ0v) is 17.8. The molecule has 0 saturated carbocycles. The van der Waals surface area contributed by atoms with Crippen molar-refractivity contribution in [3.05, 3.63) is 42.1 Å². The second kappa shape index (κ2) is 8.16. The summed E-state index contributed by atoms with van der Waals surface area (Å²) < 4.78 is 0. The summed E-state index contributed by atoms with van der Waals surface area (Å²) in [5, 5.41) is 14.1. The number of anilines is 1. The molecule has 1 fully saturated rings. The van der Waals surface area contributed by atoms with Gasteiger partial charge < -0.3 is 15.0 Å². The predicted molar refractivity (Wildman–Crippen MR) is 118 cm³/mol. The van der Waals surface area contributed by atoms with Gasteiger partial charge in [-0.1, -0.05) is 30.3 Å². The Morgan fingerprint density at radius 2 is 2.07 bits per heavy atom. The third-order valence-corrected chi connectivity index (χ3v) is 6.02. The molecule has 1 atom stereocenters. The summed E-state index contributed by atoms with van der Waals surface area (Å²) in [6.07, 6.45) is 1.98. The lowest BCUT2D eigenvalue weighted by Gasteiger charge is -2.25. The zero-order chi connectivity index (χ0) is 21.3.